The van der Waals surface area contributed by atoms with Crippen molar-refractivity contribution >= 4 is 5.91 Å². The average molecular weight is 156 g/mol. The minimum atomic E-state index is -0.0368. The molecule has 1 fully saturated rings. The Bertz CT molecular complexity index is 143. The molecular weight excluding hydrogens is 140 g/mol. The highest BCUT2D eigenvalue weighted by molar-refractivity contribution is 5.80. The van der Waals surface area contributed by atoms with Gasteiger partial charge >= 0.3 is 0 Å². The van der Waals surface area contributed by atoms with Crippen LogP contribution in [-0.4, -0.2) is 25.0 Å². The molecule has 0 aromatic carbocycles. The Hall–Kier alpha value is -0.570. The Morgan fingerprint density at radius 1 is 1.55 bits per heavy atom. The maximum absolute atomic E-state index is 11.0. The van der Waals surface area contributed by atoms with Gasteiger partial charge in [-0.05, 0) is 19.8 Å². The van der Waals surface area contributed by atoms with Gasteiger partial charge in [0.05, 0.1) is 6.04 Å². The van der Waals surface area contributed by atoms with E-state index in [4.69, 9.17) is 0 Å². The molecule has 11 heavy (non-hydrogen) atoms. The van der Waals surface area contributed by atoms with Crippen LogP contribution in [0, 0.1) is 0 Å². The van der Waals surface area contributed by atoms with Crippen molar-refractivity contribution in [1.82, 2.24) is 10.6 Å². The highest BCUT2D eigenvalue weighted by Gasteiger charge is 2.21. The van der Waals surface area contributed by atoms with Gasteiger partial charge in [-0.2, -0.15) is 0 Å². The second-order valence-corrected chi connectivity index (χ2v) is 3.13. The minimum absolute atomic E-state index is 0.0368. The molecule has 1 saturated carbocycles. The van der Waals surface area contributed by atoms with Crippen molar-refractivity contribution in [2.24, 2.45) is 0 Å². The van der Waals surface area contributed by atoms with Gasteiger partial charge in [0, 0.05) is 13.1 Å². The van der Waals surface area contributed by atoms with E-state index in [2.05, 4.69) is 10.6 Å². The molecule has 1 aliphatic carbocycles. The van der Waals surface area contributed by atoms with E-state index in [1.54, 1.807) is 7.05 Å². The van der Waals surface area contributed by atoms with Crippen molar-refractivity contribution in [3.8, 4) is 0 Å². The predicted molar refractivity (Wildman–Crippen MR) is 44.3 cm³/mol. The van der Waals surface area contributed by atoms with Crippen molar-refractivity contribution in [3.05, 3.63) is 0 Å². The quantitative estimate of drug-likeness (QED) is 0.615. The fraction of sp³-hybridized carbons (Fsp3) is 0.875. The Morgan fingerprint density at radius 3 is 2.55 bits per heavy atom. The van der Waals surface area contributed by atoms with Gasteiger partial charge in [-0.15, -0.1) is 0 Å². The summed E-state index contributed by atoms with van der Waals surface area (Å²) in [4.78, 5) is 11.0. The molecule has 1 rings (SSSR count). The van der Waals surface area contributed by atoms with E-state index in [1.165, 1.54) is 19.3 Å². The van der Waals surface area contributed by atoms with E-state index < -0.39 is 0 Å². The largest absolute Gasteiger partial charge is 0.358 e. The van der Waals surface area contributed by atoms with Crippen molar-refractivity contribution in [2.45, 2.75) is 38.3 Å². The molecule has 0 aromatic heterocycles. The Kier molecular flexibility index (Phi) is 2.88. The van der Waals surface area contributed by atoms with Crippen LogP contribution in [-0.2, 0) is 4.79 Å². The number of carbonyl (C=O) groups excluding carboxylic acids is 1. The van der Waals surface area contributed by atoms with Gasteiger partial charge in [0.25, 0.3) is 0 Å². The summed E-state index contributed by atoms with van der Waals surface area (Å²) in [5.74, 6) is 0.0805. The maximum Gasteiger partial charge on any atom is 0.236 e. The summed E-state index contributed by atoms with van der Waals surface area (Å²) in [6, 6.07) is 0.549. The highest BCUT2D eigenvalue weighted by Crippen LogP contribution is 2.18. The summed E-state index contributed by atoms with van der Waals surface area (Å²) in [5, 5.41) is 5.87. The van der Waals surface area contributed by atoms with E-state index in [-0.39, 0.29) is 11.9 Å². The molecule has 1 amide bonds. The first-order chi connectivity index (χ1) is 5.24. The Balaban J connectivity index is 2.18. The van der Waals surface area contributed by atoms with Crippen LogP contribution in [0.3, 0.4) is 0 Å². The van der Waals surface area contributed by atoms with Crippen LogP contribution in [0.1, 0.15) is 26.2 Å². The zero-order valence-corrected chi connectivity index (χ0v) is 7.18. The van der Waals surface area contributed by atoms with Crippen LogP contribution >= 0.6 is 0 Å². The van der Waals surface area contributed by atoms with Crippen molar-refractivity contribution in [2.75, 3.05) is 7.05 Å². The smallest absolute Gasteiger partial charge is 0.236 e. The van der Waals surface area contributed by atoms with Gasteiger partial charge in [-0.25, -0.2) is 0 Å². The lowest BCUT2D eigenvalue weighted by Crippen LogP contribution is -2.48. The van der Waals surface area contributed by atoms with Gasteiger partial charge < -0.3 is 10.6 Å². The molecule has 3 nitrogen and oxygen atoms in total. The van der Waals surface area contributed by atoms with Crippen LogP contribution in [0.15, 0.2) is 0 Å². The Labute approximate surface area is 67.5 Å². The van der Waals surface area contributed by atoms with E-state index >= 15 is 0 Å². The summed E-state index contributed by atoms with van der Waals surface area (Å²) in [7, 11) is 1.67. The standard InChI is InChI=1S/C8H16N2O/c1-6(8(11)9-2)10-7-4-3-5-7/h6-7,10H,3-5H2,1-2H3,(H,9,11)/t6-/m0/s1. The second kappa shape index (κ2) is 3.72. The van der Waals surface area contributed by atoms with Crippen molar-refractivity contribution in [3.63, 3.8) is 0 Å². The monoisotopic (exact) mass is 156 g/mol. The molecule has 64 valence electrons. The lowest BCUT2D eigenvalue weighted by atomic mass is 9.92. The molecule has 1 atom stereocenters. The Morgan fingerprint density at radius 2 is 2.18 bits per heavy atom. The fourth-order valence-electron chi connectivity index (χ4n) is 1.22. The van der Waals surface area contributed by atoms with Gasteiger partial charge in [0.1, 0.15) is 0 Å². The molecule has 0 bridgehead atoms. The number of nitrogens with one attached hydrogen (secondary N) is 2. The molecule has 0 unspecified atom stereocenters. The number of carbonyl (C=O) groups is 1. The lowest BCUT2D eigenvalue weighted by molar-refractivity contribution is -0.122. The first-order valence-electron chi connectivity index (χ1n) is 4.21. The fourth-order valence-corrected chi connectivity index (χ4v) is 1.22. The van der Waals surface area contributed by atoms with E-state index in [0.29, 0.717) is 6.04 Å². The maximum atomic E-state index is 11.0. The number of amides is 1. The topological polar surface area (TPSA) is 41.1 Å². The van der Waals surface area contributed by atoms with E-state index in [9.17, 15) is 4.79 Å². The van der Waals surface area contributed by atoms with Gasteiger partial charge in [-0.3, -0.25) is 4.79 Å². The molecule has 0 aromatic rings. The van der Waals surface area contributed by atoms with Crippen LogP contribution < -0.4 is 10.6 Å². The van der Waals surface area contributed by atoms with E-state index in [1.807, 2.05) is 6.92 Å². The zero-order chi connectivity index (χ0) is 8.27. The normalized spacial score (nSPS) is 20.5. The molecule has 0 heterocycles. The SMILES string of the molecule is CNC(=O)[C@H](C)NC1CCC1. The number of hydrogen-bond donors (Lipinski definition) is 2. The molecule has 0 saturated heterocycles. The lowest BCUT2D eigenvalue weighted by Gasteiger charge is -2.29. The van der Waals surface area contributed by atoms with Crippen LogP contribution in [0.4, 0.5) is 0 Å². The molecule has 0 radical (unpaired) electrons. The third-order valence-corrected chi connectivity index (χ3v) is 2.23. The predicted octanol–water partition coefficient (Wildman–Crippen LogP) is 0.263. The van der Waals surface area contributed by atoms with Gasteiger partial charge in [-0.1, -0.05) is 6.42 Å². The summed E-state index contributed by atoms with van der Waals surface area (Å²) in [5.41, 5.74) is 0. The summed E-state index contributed by atoms with van der Waals surface area (Å²) >= 11 is 0. The molecule has 0 aliphatic heterocycles. The van der Waals surface area contributed by atoms with Gasteiger partial charge in [0.15, 0.2) is 0 Å². The molecule has 2 N–H and O–H groups in total. The van der Waals surface area contributed by atoms with Crippen molar-refractivity contribution < 1.29 is 4.79 Å². The average Bonchev–Trinajstić information content (AvgIpc) is 1.94. The number of rotatable bonds is 3. The highest BCUT2D eigenvalue weighted by atomic mass is 16.2. The zero-order valence-electron chi connectivity index (χ0n) is 7.18. The first kappa shape index (κ1) is 8.53. The van der Waals surface area contributed by atoms with Gasteiger partial charge in [0.2, 0.25) is 5.91 Å². The summed E-state index contributed by atoms with van der Waals surface area (Å²) in [6.07, 6.45) is 3.75. The minimum Gasteiger partial charge on any atom is -0.358 e. The van der Waals surface area contributed by atoms with Crippen LogP contribution in [0.5, 0.6) is 0 Å². The number of likely N-dealkylation sites (N-methyl/N-ethyl adjacent to an activating group) is 1. The third-order valence-electron chi connectivity index (χ3n) is 2.23. The molecular formula is C8H16N2O. The van der Waals surface area contributed by atoms with Crippen LogP contribution in [0.2, 0.25) is 0 Å². The first-order valence-corrected chi connectivity index (χ1v) is 4.21. The molecule has 3 heteroatoms. The van der Waals surface area contributed by atoms with Crippen molar-refractivity contribution in [1.29, 1.82) is 0 Å². The third kappa shape index (κ3) is 2.19. The van der Waals surface area contributed by atoms with Crippen LogP contribution in [0.25, 0.3) is 0 Å². The summed E-state index contributed by atoms with van der Waals surface area (Å²) in [6.45, 7) is 1.90. The summed E-state index contributed by atoms with van der Waals surface area (Å²) < 4.78 is 0. The molecule has 0 spiro atoms. The second-order valence-electron chi connectivity index (χ2n) is 3.13. The van der Waals surface area contributed by atoms with E-state index in [0.717, 1.165) is 0 Å². The molecule has 1 aliphatic rings. The number of hydrogen-bond acceptors (Lipinski definition) is 2.